The van der Waals surface area contributed by atoms with Crippen LogP contribution in [-0.2, 0) is 19.6 Å². The Balaban J connectivity index is 3.02. The van der Waals surface area contributed by atoms with Crippen molar-refractivity contribution in [2.45, 2.75) is 24.0 Å². The Bertz CT molecular complexity index is 605. The van der Waals surface area contributed by atoms with Crippen LogP contribution in [0, 0.1) is 0 Å². The molecule has 0 saturated carbocycles. The Kier molecular flexibility index (Phi) is 4.87. The summed E-state index contributed by atoms with van der Waals surface area (Å²) in [7, 11) is -3.07. The first-order valence-electron chi connectivity index (χ1n) is 5.39. The number of aliphatic hydroxyl groups excluding tert-OH is 1. The molecular weight excluding hydrogens is 292 g/mol. The van der Waals surface area contributed by atoms with Crippen LogP contribution in [-0.4, -0.2) is 54.8 Å². The third kappa shape index (κ3) is 3.56. The number of aliphatic hydroxyl groups is 1. The minimum Gasteiger partial charge on any atom is -0.480 e. The van der Waals surface area contributed by atoms with Crippen molar-refractivity contribution in [2.75, 3.05) is 7.11 Å². The molecule has 4 N–H and O–H groups in total. The molecular formula is C10H14N2O7S. The van der Waals surface area contributed by atoms with Gasteiger partial charge in [-0.1, -0.05) is 0 Å². The molecule has 0 aromatic carbocycles. The van der Waals surface area contributed by atoms with Crippen molar-refractivity contribution in [2.24, 2.45) is 0 Å². The lowest BCUT2D eigenvalue weighted by Crippen LogP contribution is -2.47. The number of esters is 1. The first kappa shape index (κ1) is 16.1. The summed E-state index contributed by atoms with van der Waals surface area (Å²) in [6, 6.07) is -0.703. The van der Waals surface area contributed by atoms with Crippen LogP contribution in [0.3, 0.4) is 0 Å². The second kappa shape index (κ2) is 6.03. The third-order valence-electron chi connectivity index (χ3n) is 2.40. The molecule has 0 aliphatic rings. The fourth-order valence-electron chi connectivity index (χ4n) is 1.35. The molecule has 1 rings (SSSR count). The van der Waals surface area contributed by atoms with Crippen LogP contribution in [0.2, 0.25) is 0 Å². The second-order valence-corrected chi connectivity index (χ2v) is 5.63. The van der Waals surface area contributed by atoms with Crippen molar-refractivity contribution in [3.05, 3.63) is 18.0 Å². The number of carboxylic acids is 1. The van der Waals surface area contributed by atoms with Gasteiger partial charge < -0.3 is 19.9 Å². The second-order valence-electron chi connectivity index (χ2n) is 3.92. The van der Waals surface area contributed by atoms with Crippen molar-refractivity contribution in [3.63, 3.8) is 0 Å². The normalized spacial score (nSPS) is 14.6. The van der Waals surface area contributed by atoms with E-state index in [4.69, 9.17) is 5.11 Å². The number of carbonyl (C=O) groups is 2. The van der Waals surface area contributed by atoms with Crippen LogP contribution in [0.15, 0.2) is 17.2 Å². The molecule has 0 aliphatic carbocycles. The quantitative estimate of drug-likeness (QED) is 0.488. The highest BCUT2D eigenvalue weighted by Gasteiger charge is 2.30. The fourth-order valence-corrected chi connectivity index (χ4v) is 2.60. The van der Waals surface area contributed by atoms with Gasteiger partial charge in [0.15, 0.2) is 0 Å². The van der Waals surface area contributed by atoms with Crippen molar-refractivity contribution in [3.8, 4) is 0 Å². The summed E-state index contributed by atoms with van der Waals surface area (Å²) >= 11 is 0. The van der Waals surface area contributed by atoms with E-state index in [1.165, 1.54) is 0 Å². The molecule has 0 fully saturated rings. The van der Waals surface area contributed by atoms with Gasteiger partial charge in [-0.15, -0.1) is 0 Å². The van der Waals surface area contributed by atoms with Gasteiger partial charge in [-0.3, -0.25) is 4.79 Å². The van der Waals surface area contributed by atoms with Crippen LogP contribution in [0.25, 0.3) is 0 Å². The lowest BCUT2D eigenvalue weighted by Gasteiger charge is -2.16. The van der Waals surface area contributed by atoms with E-state index >= 15 is 0 Å². The van der Waals surface area contributed by atoms with Gasteiger partial charge >= 0.3 is 11.9 Å². The number of aromatic amines is 1. The number of ether oxygens (including phenoxy) is 1. The summed E-state index contributed by atoms with van der Waals surface area (Å²) < 4.78 is 30.1. The van der Waals surface area contributed by atoms with Crippen LogP contribution in [0.1, 0.15) is 17.4 Å². The maximum Gasteiger partial charge on any atom is 0.354 e. The molecule has 0 spiro atoms. The highest BCUT2D eigenvalue weighted by atomic mass is 32.2. The molecule has 112 valence electrons. The largest absolute Gasteiger partial charge is 0.480 e. The number of rotatable bonds is 6. The van der Waals surface area contributed by atoms with Gasteiger partial charge in [-0.25, -0.2) is 13.2 Å². The van der Waals surface area contributed by atoms with Crippen LogP contribution >= 0.6 is 0 Å². The van der Waals surface area contributed by atoms with Gasteiger partial charge in [-0.05, 0) is 13.0 Å². The zero-order valence-corrected chi connectivity index (χ0v) is 11.5. The van der Waals surface area contributed by atoms with E-state index in [2.05, 4.69) is 9.72 Å². The lowest BCUT2D eigenvalue weighted by atomic mass is 10.2. The van der Waals surface area contributed by atoms with Gasteiger partial charge in [0, 0.05) is 6.20 Å². The van der Waals surface area contributed by atoms with E-state index in [0.29, 0.717) is 0 Å². The smallest absolute Gasteiger partial charge is 0.354 e. The zero-order chi connectivity index (χ0) is 15.5. The number of hydrogen-bond acceptors (Lipinski definition) is 6. The van der Waals surface area contributed by atoms with Crippen LogP contribution in [0.5, 0.6) is 0 Å². The van der Waals surface area contributed by atoms with E-state index in [1.807, 2.05) is 4.72 Å². The third-order valence-corrected chi connectivity index (χ3v) is 3.82. The monoisotopic (exact) mass is 306 g/mol. The Morgan fingerprint density at radius 1 is 1.45 bits per heavy atom. The summed E-state index contributed by atoms with van der Waals surface area (Å²) in [5, 5.41) is 18.1. The van der Waals surface area contributed by atoms with Crippen LogP contribution < -0.4 is 4.72 Å². The minimum absolute atomic E-state index is 0.100. The maximum atomic E-state index is 11.9. The summed E-state index contributed by atoms with van der Waals surface area (Å²) in [5.74, 6) is -2.29. The Labute approximate surface area is 114 Å². The predicted octanol–water partition coefficient (Wildman–Crippen LogP) is -1.09. The molecule has 9 nitrogen and oxygen atoms in total. The highest BCUT2D eigenvalue weighted by Crippen LogP contribution is 2.12. The van der Waals surface area contributed by atoms with E-state index in [-0.39, 0.29) is 10.6 Å². The average molecular weight is 306 g/mol. The molecule has 1 aromatic rings. The topological polar surface area (TPSA) is 146 Å². The molecule has 20 heavy (non-hydrogen) atoms. The van der Waals surface area contributed by atoms with Gasteiger partial charge in [0.1, 0.15) is 16.6 Å². The maximum absolute atomic E-state index is 11.9. The molecule has 2 atom stereocenters. The SMILES string of the molecule is COC(=O)c1cc(S(=O)(=O)NC(C(=O)O)C(C)O)c[nH]1. The Morgan fingerprint density at radius 2 is 2.05 bits per heavy atom. The first-order valence-corrected chi connectivity index (χ1v) is 6.87. The molecule has 0 bridgehead atoms. The number of methoxy groups -OCH3 is 1. The number of hydrogen-bond donors (Lipinski definition) is 4. The number of carboxylic acid groups (broad SMARTS) is 1. The van der Waals surface area contributed by atoms with Crippen LogP contribution in [0.4, 0.5) is 0 Å². The molecule has 0 saturated heterocycles. The number of H-pyrrole nitrogens is 1. The average Bonchev–Trinajstić information content (AvgIpc) is 2.84. The van der Waals surface area contributed by atoms with Crippen molar-refractivity contribution < 1.29 is 33.0 Å². The van der Waals surface area contributed by atoms with Crippen molar-refractivity contribution in [1.82, 2.24) is 9.71 Å². The fraction of sp³-hybridized carbons (Fsp3) is 0.400. The summed E-state index contributed by atoms with van der Waals surface area (Å²) in [5.41, 5.74) is -0.100. The molecule has 0 radical (unpaired) electrons. The summed E-state index contributed by atoms with van der Waals surface area (Å²) in [6.07, 6.45) is -0.420. The first-order chi connectivity index (χ1) is 9.19. The molecule has 2 unspecified atom stereocenters. The number of sulfonamides is 1. The van der Waals surface area contributed by atoms with Gasteiger partial charge in [-0.2, -0.15) is 4.72 Å². The summed E-state index contributed by atoms with van der Waals surface area (Å²) in [6.45, 7) is 1.14. The molecule has 10 heteroatoms. The Morgan fingerprint density at radius 3 is 2.50 bits per heavy atom. The zero-order valence-electron chi connectivity index (χ0n) is 10.7. The number of aliphatic carboxylic acids is 1. The molecule has 1 heterocycles. The molecule has 0 amide bonds. The number of aromatic nitrogens is 1. The molecule has 1 aromatic heterocycles. The number of carbonyl (C=O) groups excluding carboxylic acids is 1. The van der Waals surface area contributed by atoms with E-state index in [1.54, 1.807) is 0 Å². The van der Waals surface area contributed by atoms with E-state index in [0.717, 1.165) is 26.3 Å². The van der Waals surface area contributed by atoms with Gasteiger partial charge in [0.2, 0.25) is 10.0 Å². The van der Waals surface area contributed by atoms with E-state index < -0.39 is 34.1 Å². The Hall–Kier alpha value is -1.91. The van der Waals surface area contributed by atoms with Crippen molar-refractivity contribution in [1.29, 1.82) is 0 Å². The summed E-state index contributed by atoms with van der Waals surface area (Å²) in [4.78, 5) is 24.1. The predicted molar refractivity (Wildman–Crippen MR) is 65.6 cm³/mol. The van der Waals surface area contributed by atoms with Gasteiger partial charge in [0.05, 0.1) is 13.2 Å². The minimum atomic E-state index is -4.20. The highest BCUT2D eigenvalue weighted by molar-refractivity contribution is 7.89. The van der Waals surface area contributed by atoms with Gasteiger partial charge in [0.25, 0.3) is 0 Å². The lowest BCUT2D eigenvalue weighted by molar-refractivity contribution is -0.141. The molecule has 0 aliphatic heterocycles. The number of nitrogens with one attached hydrogen (secondary N) is 2. The van der Waals surface area contributed by atoms with Crippen molar-refractivity contribution >= 4 is 22.0 Å². The van der Waals surface area contributed by atoms with E-state index in [9.17, 15) is 23.1 Å². The standard InChI is InChI=1S/C10H14N2O7S/c1-5(13)8(9(14)15)12-20(17,18)6-3-7(11-4-6)10(16)19-2/h3-5,8,11-13H,1-2H3,(H,14,15).